The van der Waals surface area contributed by atoms with Crippen LogP contribution in [0.3, 0.4) is 0 Å². The van der Waals surface area contributed by atoms with Crippen LogP contribution in [-0.4, -0.2) is 93.5 Å². The second kappa shape index (κ2) is 12.4. The van der Waals surface area contributed by atoms with Crippen molar-refractivity contribution in [1.29, 1.82) is 0 Å². The Balaban J connectivity index is 1.31. The van der Waals surface area contributed by atoms with Crippen LogP contribution in [0.15, 0.2) is 60.7 Å². The molecule has 2 saturated heterocycles. The maximum Gasteiger partial charge on any atom is 0.249 e. The van der Waals surface area contributed by atoms with Gasteiger partial charge in [-0.25, -0.2) is 4.98 Å². The van der Waals surface area contributed by atoms with Crippen molar-refractivity contribution in [2.24, 2.45) is 12.8 Å². The van der Waals surface area contributed by atoms with Crippen molar-refractivity contribution < 1.29 is 19.1 Å². The van der Waals surface area contributed by atoms with Gasteiger partial charge in [0.05, 0.1) is 26.1 Å². The molecule has 3 aliphatic rings. The van der Waals surface area contributed by atoms with Crippen LogP contribution in [0.1, 0.15) is 36.9 Å². The van der Waals surface area contributed by atoms with E-state index >= 15 is 0 Å². The number of hydrogen-bond acceptors (Lipinski definition) is 7. The lowest BCUT2D eigenvalue weighted by atomic mass is 9.84. The average Bonchev–Trinajstić information content (AvgIpc) is 3.52. The Bertz CT molecular complexity index is 1360. The fourth-order valence-electron chi connectivity index (χ4n) is 6.24. The maximum atomic E-state index is 14.0. The monoisotopic (exact) mass is 575 g/mol. The molecular formula is C31H41N7O4. The molecule has 11 nitrogen and oxygen atoms in total. The number of carbonyl (C=O) groups is 3. The number of imidazole rings is 1. The quantitative estimate of drug-likeness (QED) is 0.462. The van der Waals surface area contributed by atoms with Crippen LogP contribution in [0.5, 0.6) is 5.75 Å². The largest absolute Gasteiger partial charge is 0.497 e. The summed E-state index contributed by atoms with van der Waals surface area (Å²) in [5.41, 5.74) is 8.51. The normalized spacial score (nSPS) is 19.6. The summed E-state index contributed by atoms with van der Waals surface area (Å²) in [5, 5.41) is 2.94. The molecule has 3 amide bonds. The van der Waals surface area contributed by atoms with Crippen molar-refractivity contribution in [3.05, 3.63) is 72.0 Å². The zero-order valence-electron chi connectivity index (χ0n) is 24.7. The number of rotatable bonds is 9. The molecule has 1 aromatic carbocycles. The predicted octanol–water partition coefficient (Wildman–Crippen LogP) is 1.35. The molecule has 0 bridgehead atoms. The number of amides is 3. The molecule has 2 aliphatic heterocycles. The van der Waals surface area contributed by atoms with Crippen LogP contribution >= 0.6 is 0 Å². The van der Waals surface area contributed by atoms with Crippen LogP contribution in [0.2, 0.25) is 0 Å². The summed E-state index contributed by atoms with van der Waals surface area (Å²) in [7, 11) is 5.29. The topological polar surface area (TPSA) is 126 Å². The minimum atomic E-state index is -0.839. The number of piperidine rings is 1. The molecular weight excluding hydrogens is 534 g/mol. The molecule has 1 aliphatic carbocycles. The van der Waals surface area contributed by atoms with E-state index in [-0.39, 0.29) is 11.8 Å². The molecule has 0 saturated carbocycles. The first-order valence-corrected chi connectivity index (χ1v) is 14.5. The first-order valence-electron chi connectivity index (χ1n) is 14.5. The number of benzene rings is 1. The molecule has 0 radical (unpaired) electrons. The van der Waals surface area contributed by atoms with Gasteiger partial charge in [-0.3, -0.25) is 14.4 Å². The Morgan fingerprint density at radius 3 is 2.50 bits per heavy atom. The molecule has 11 heteroatoms. The minimum Gasteiger partial charge on any atom is -0.497 e. The van der Waals surface area contributed by atoms with Crippen molar-refractivity contribution in [1.82, 2.24) is 29.6 Å². The van der Waals surface area contributed by atoms with E-state index in [9.17, 15) is 14.4 Å². The van der Waals surface area contributed by atoms with Gasteiger partial charge < -0.3 is 35.1 Å². The predicted molar refractivity (Wildman–Crippen MR) is 158 cm³/mol. The van der Waals surface area contributed by atoms with Crippen LogP contribution in [0.25, 0.3) is 0 Å². The van der Waals surface area contributed by atoms with Gasteiger partial charge in [0.1, 0.15) is 17.3 Å². The Morgan fingerprint density at radius 1 is 1.14 bits per heavy atom. The molecule has 224 valence electrons. The SMILES string of the molecule is COc1ccc(C[C@@H](NC(=O)[C@@H](N)Cc2cncn2C)C(=O)N2CCC3(CC2)C(=O)N(C)CN3C2=CC=CCC2)cc1. The number of likely N-dealkylation sites (tertiary alicyclic amines) is 1. The molecule has 42 heavy (non-hydrogen) atoms. The zero-order chi connectivity index (χ0) is 29.9. The van der Waals surface area contributed by atoms with Crippen molar-refractivity contribution in [3.8, 4) is 5.75 Å². The van der Waals surface area contributed by atoms with Gasteiger partial charge in [-0.2, -0.15) is 0 Å². The van der Waals surface area contributed by atoms with Crippen molar-refractivity contribution >= 4 is 17.7 Å². The number of carbonyl (C=O) groups excluding carboxylic acids is 3. The van der Waals surface area contributed by atoms with Gasteiger partial charge in [0, 0.05) is 57.6 Å². The number of nitrogens with two attached hydrogens (primary N) is 1. The lowest BCUT2D eigenvalue weighted by molar-refractivity contribution is -0.142. The van der Waals surface area contributed by atoms with Crippen LogP contribution in [-0.2, 0) is 34.3 Å². The number of allylic oxidation sites excluding steroid dienone is 4. The van der Waals surface area contributed by atoms with Gasteiger partial charge in [-0.15, -0.1) is 0 Å². The number of aromatic nitrogens is 2. The fourth-order valence-corrected chi connectivity index (χ4v) is 6.24. The number of methoxy groups -OCH3 is 1. The van der Waals surface area contributed by atoms with Crippen molar-refractivity contribution in [2.75, 3.05) is 33.9 Å². The molecule has 2 atom stereocenters. The number of nitrogens with one attached hydrogen (secondary N) is 1. The number of ether oxygens (including phenoxy) is 1. The minimum absolute atomic E-state index is 0.106. The third-order valence-electron chi connectivity index (χ3n) is 8.75. The molecule has 0 unspecified atom stereocenters. The Hall–Kier alpha value is -4.12. The number of hydrogen-bond donors (Lipinski definition) is 2. The highest BCUT2D eigenvalue weighted by Crippen LogP contribution is 2.40. The van der Waals surface area contributed by atoms with E-state index in [1.807, 2.05) is 42.9 Å². The molecule has 3 heterocycles. The third kappa shape index (κ3) is 5.92. The van der Waals surface area contributed by atoms with Gasteiger partial charge >= 0.3 is 0 Å². The van der Waals surface area contributed by atoms with Gasteiger partial charge in [-0.05, 0) is 49.5 Å². The first-order chi connectivity index (χ1) is 20.2. The van der Waals surface area contributed by atoms with Gasteiger partial charge in [0.2, 0.25) is 17.7 Å². The molecule has 2 fully saturated rings. The number of likely N-dealkylation sites (N-methyl/N-ethyl adjacent to an activating group) is 1. The second-order valence-electron chi connectivity index (χ2n) is 11.5. The molecule has 3 N–H and O–H groups in total. The smallest absolute Gasteiger partial charge is 0.249 e. The standard InChI is InChI=1S/C31H41N7O4/c1-35-20-33-19-24(35)18-26(32)28(39)34-27(17-22-9-11-25(42-3)12-10-22)29(40)37-15-13-31(14-16-37)30(41)36(2)21-38(31)23-7-5-4-6-8-23/h4-5,7,9-12,19-20,26-27H,6,8,13-18,21,32H2,1-3H3,(H,34,39)/t26-,27+/m0/s1. The Labute approximate surface area is 247 Å². The summed E-state index contributed by atoms with van der Waals surface area (Å²) in [6.07, 6.45) is 13.2. The molecule has 2 aromatic rings. The van der Waals surface area contributed by atoms with Crippen LogP contribution in [0.4, 0.5) is 0 Å². The van der Waals surface area contributed by atoms with E-state index in [1.165, 1.54) is 5.70 Å². The van der Waals surface area contributed by atoms with E-state index in [1.54, 1.807) is 29.4 Å². The summed E-state index contributed by atoms with van der Waals surface area (Å²) in [6, 6.07) is 5.82. The van der Waals surface area contributed by atoms with Gasteiger partial charge in [0.25, 0.3) is 0 Å². The highest BCUT2D eigenvalue weighted by atomic mass is 16.5. The van der Waals surface area contributed by atoms with E-state index < -0.39 is 23.5 Å². The zero-order valence-corrected chi connectivity index (χ0v) is 24.7. The van der Waals surface area contributed by atoms with Gasteiger partial charge in [-0.1, -0.05) is 24.3 Å². The Kier molecular flexibility index (Phi) is 8.67. The van der Waals surface area contributed by atoms with E-state index in [0.29, 0.717) is 51.2 Å². The van der Waals surface area contributed by atoms with Gasteiger partial charge in [0.15, 0.2) is 0 Å². The van der Waals surface area contributed by atoms with E-state index in [0.717, 1.165) is 24.1 Å². The van der Waals surface area contributed by atoms with E-state index in [2.05, 4.69) is 33.4 Å². The third-order valence-corrected chi connectivity index (χ3v) is 8.75. The second-order valence-corrected chi connectivity index (χ2v) is 11.5. The lowest BCUT2D eigenvalue weighted by Gasteiger charge is -2.45. The highest BCUT2D eigenvalue weighted by molar-refractivity contribution is 5.91. The lowest BCUT2D eigenvalue weighted by Crippen LogP contribution is -2.60. The molecule has 1 aromatic heterocycles. The fraction of sp³-hybridized carbons (Fsp3) is 0.484. The number of nitrogens with zero attached hydrogens (tertiary/aromatic N) is 5. The summed E-state index contributed by atoms with van der Waals surface area (Å²) in [6.45, 7) is 1.40. The molecule has 1 spiro atoms. The Morgan fingerprint density at radius 2 is 1.88 bits per heavy atom. The van der Waals surface area contributed by atoms with Crippen LogP contribution < -0.4 is 15.8 Å². The summed E-state index contributed by atoms with van der Waals surface area (Å²) < 4.78 is 7.10. The summed E-state index contributed by atoms with van der Waals surface area (Å²) >= 11 is 0. The maximum absolute atomic E-state index is 14.0. The number of aryl methyl sites for hydroxylation is 1. The summed E-state index contributed by atoms with van der Waals surface area (Å²) in [5.74, 6) is 0.248. The van der Waals surface area contributed by atoms with Crippen molar-refractivity contribution in [3.63, 3.8) is 0 Å². The average molecular weight is 576 g/mol. The first kappa shape index (κ1) is 29.4. The van der Waals surface area contributed by atoms with Crippen LogP contribution in [0, 0.1) is 0 Å². The summed E-state index contributed by atoms with van der Waals surface area (Å²) in [4.78, 5) is 50.6. The van der Waals surface area contributed by atoms with E-state index in [4.69, 9.17) is 10.5 Å². The van der Waals surface area contributed by atoms with Crippen molar-refractivity contribution in [2.45, 2.75) is 56.1 Å². The molecule has 5 rings (SSSR count). The highest BCUT2D eigenvalue weighted by Gasteiger charge is 2.53.